The Morgan fingerprint density at radius 1 is 1.41 bits per heavy atom. The molecule has 1 unspecified atom stereocenters. The van der Waals surface area contributed by atoms with Gasteiger partial charge in [-0.15, -0.1) is 0 Å². The van der Waals surface area contributed by atoms with E-state index in [0.717, 1.165) is 31.8 Å². The molecule has 0 N–H and O–H groups in total. The third-order valence-corrected chi connectivity index (χ3v) is 4.14. The summed E-state index contributed by atoms with van der Waals surface area (Å²) >= 11 is 0. The molecule has 1 saturated heterocycles. The van der Waals surface area contributed by atoms with Crippen molar-refractivity contribution in [3.05, 3.63) is 24.3 Å². The minimum atomic E-state index is 0.278. The fourth-order valence-electron chi connectivity index (χ4n) is 2.97. The first-order chi connectivity index (χ1) is 8.20. The zero-order valence-corrected chi connectivity index (χ0v) is 10.8. The van der Waals surface area contributed by atoms with Gasteiger partial charge in [-0.25, -0.2) is 0 Å². The van der Waals surface area contributed by atoms with Crippen LogP contribution in [-0.4, -0.2) is 29.8 Å². The number of nitrogens with zero attached hydrogens (tertiary/aromatic N) is 1. The third-order valence-electron chi connectivity index (χ3n) is 4.14. The molecule has 1 aliphatic heterocycles. The molecular formula is C15H23NO. The fourth-order valence-corrected chi connectivity index (χ4v) is 2.97. The van der Waals surface area contributed by atoms with Gasteiger partial charge in [0.05, 0.1) is 6.04 Å². The molecule has 0 bridgehead atoms. The van der Waals surface area contributed by atoms with E-state index in [1.54, 1.807) is 0 Å². The van der Waals surface area contributed by atoms with E-state index in [2.05, 4.69) is 24.5 Å². The van der Waals surface area contributed by atoms with E-state index in [1.807, 2.05) is 6.08 Å². The van der Waals surface area contributed by atoms with Crippen molar-refractivity contribution >= 4 is 5.78 Å². The Morgan fingerprint density at radius 3 is 2.59 bits per heavy atom. The number of hydrogen-bond donors (Lipinski definition) is 0. The zero-order valence-electron chi connectivity index (χ0n) is 10.8. The predicted octanol–water partition coefficient (Wildman–Crippen LogP) is 2.95. The number of carbonyl (C=O) groups is 1. The van der Waals surface area contributed by atoms with Crippen LogP contribution in [0.4, 0.5) is 0 Å². The monoisotopic (exact) mass is 233 g/mol. The highest BCUT2D eigenvalue weighted by molar-refractivity contribution is 5.89. The van der Waals surface area contributed by atoms with Gasteiger partial charge in [0.15, 0.2) is 0 Å². The van der Waals surface area contributed by atoms with E-state index in [1.165, 1.54) is 24.8 Å². The first-order valence-corrected chi connectivity index (χ1v) is 6.75. The summed E-state index contributed by atoms with van der Waals surface area (Å²) in [5.74, 6) is 1.27. The van der Waals surface area contributed by atoms with Crippen LogP contribution in [0, 0.1) is 5.92 Å². The second kappa shape index (κ2) is 5.63. The van der Waals surface area contributed by atoms with E-state index < -0.39 is 0 Å². The van der Waals surface area contributed by atoms with Gasteiger partial charge in [-0.05, 0) is 51.6 Å². The van der Waals surface area contributed by atoms with Crippen molar-refractivity contribution < 1.29 is 4.79 Å². The van der Waals surface area contributed by atoms with Gasteiger partial charge in [-0.2, -0.15) is 0 Å². The van der Waals surface area contributed by atoms with Gasteiger partial charge in [0.2, 0.25) is 0 Å². The lowest BCUT2D eigenvalue weighted by Gasteiger charge is -2.40. The largest absolute Gasteiger partial charge is 0.298 e. The molecule has 17 heavy (non-hydrogen) atoms. The molecule has 1 aliphatic carbocycles. The molecule has 1 atom stereocenters. The Labute approximate surface area is 104 Å². The number of rotatable bonds is 4. The predicted molar refractivity (Wildman–Crippen MR) is 70.9 cm³/mol. The van der Waals surface area contributed by atoms with Gasteiger partial charge in [-0.1, -0.05) is 24.3 Å². The van der Waals surface area contributed by atoms with Crippen LogP contribution in [0.1, 0.15) is 39.0 Å². The summed E-state index contributed by atoms with van der Waals surface area (Å²) in [4.78, 5) is 13.8. The molecule has 1 heterocycles. The fraction of sp³-hybridized carbons (Fsp3) is 0.667. The highest BCUT2D eigenvalue weighted by atomic mass is 16.1. The number of carbonyl (C=O) groups excluding carboxylic acids is 1. The lowest BCUT2D eigenvalue weighted by molar-refractivity contribution is -0.132. The summed E-state index contributed by atoms with van der Waals surface area (Å²) in [6.45, 7) is 8.15. The highest BCUT2D eigenvalue weighted by Crippen LogP contribution is 2.29. The van der Waals surface area contributed by atoms with E-state index in [4.69, 9.17) is 0 Å². The molecule has 2 fully saturated rings. The first-order valence-electron chi connectivity index (χ1n) is 6.75. The molecule has 0 radical (unpaired) electrons. The van der Waals surface area contributed by atoms with Gasteiger partial charge in [0, 0.05) is 6.42 Å². The van der Waals surface area contributed by atoms with E-state index in [-0.39, 0.29) is 6.04 Å². The lowest BCUT2D eigenvalue weighted by atomic mass is 9.85. The van der Waals surface area contributed by atoms with Gasteiger partial charge in [0.25, 0.3) is 0 Å². The van der Waals surface area contributed by atoms with Crippen LogP contribution in [0.3, 0.4) is 0 Å². The number of hydrogen-bond acceptors (Lipinski definition) is 2. The Hall–Kier alpha value is -0.890. The number of piperidine rings is 1. The highest BCUT2D eigenvalue weighted by Gasteiger charge is 2.35. The molecule has 2 nitrogen and oxygen atoms in total. The molecule has 2 heteroatoms. The molecular weight excluding hydrogens is 210 g/mol. The van der Waals surface area contributed by atoms with Crippen LogP contribution in [0.15, 0.2) is 24.3 Å². The van der Waals surface area contributed by atoms with Crippen molar-refractivity contribution in [2.75, 3.05) is 13.1 Å². The molecule has 0 spiro atoms. The summed E-state index contributed by atoms with van der Waals surface area (Å²) in [5, 5.41) is 0. The maximum absolute atomic E-state index is 11.4. The van der Waals surface area contributed by atoms with Crippen molar-refractivity contribution in [3.63, 3.8) is 0 Å². The van der Waals surface area contributed by atoms with Gasteiger partial charge in [-0.3, -0.25) is 9.69 Å². The average molecular weight is 233 g/mol. The molecule has 1 saturated carbocycles. The van der Waals surface area contributed by atoms with E-state index >= 15 is 0 Å². The number of allylic oxidation sites excluding steroid dienone is 3. The van der Waals surface area contributed by atoms with Crippen LogP contribution in [0.25, 0.3) is 0 Å². The molecule has 0 aromatic rings. The third kappa shape index (κ3) is 3.06. The summed E-state index contributed by atoms with van der Waals surface area (Å²) in [7, 11) is 0. The summed E-state index contributed by atoms with van der Waals surface area (Å²) in [6, 6.07) is 0.278. The van der Waals surface area contributed by atoms with Gasteiger partial charge in [0.1, 0.15) is 5.78 Å². The first kappa shape index (κ1) is 12.6. The average Bonchev–Trinajstić information content (AvgIpc) is 2.30. The smallest absolute Gasteiger partial charge is 0.150 e. The molecule has 0 aromatic heterocycles. The summed E-state index contributed by atoms with van der Waals surface area (Å²) in [6.07, 6.45) is 9.57. The van der Waals surface area contributed by atoms with Gasteiger partial charge >= 0.3 is 0 Å². The van der Waals surface area contributed by atoms with Crippen molar-refractivity contribution in [2.24, 2.45) is 5.92 Å². The van der Waals surface area contributed by atoms with Gasteiger partial charge < -0.3 is 0 Å². The van der Waals surface area contributed by atoms with Crippen LogP contribution < -0.4 is 0 Å². The maximum Gasteiger partial charge on any atom is 0.150 e. The quantitative estimate of drug-likeness (QED) is 0.696. The molecule has 2 aliphatic rings. The Kier molecular flexibility index (Phi) is 4.16. The number of ketones is 1. The minimum Gasteiger partial charge on any atom is -0.298 e. The lowest BCUT2D eigenvalue weighted by Crippen LogP contribution is -2.50. The normalized spacial score (nSPS) is 27.9. The topological polar surface area (TPSA) is 20.3 Å². The van der Waals surface area contributed by atoms with Crippen LogP contribution in [-0.2, 0) is 4.79 Å². The summed E-state index contributed by atoms with van der Waals surface area (Å²) in [5.41, 5.74) is 1.43. The zero-order chi connectivity index (χ0) is 12.3. The second-order valence-electron chi connectivity index (χ2n) is 5.45. The van der Waals surface area contributed by atoms with E-state index in [9.17, 15) is 4.79 Å². The van der Waals surface area contributed by atoms with Crippen molar-refractivity contribution in [1.29, 1.82) is 0 Å². The standard InChI is InChI=1S/C15H23NO/c1-3-4-12(2)11-13-7-9-16(10-8-13)14-5-6-15(14)17/h3-4,13-14H,1,5-11H2,2H3/b12-4+. The number of Topliss-reactive ketones (excluding diaryl/α,β-unsaturated/α-hetero) is 1. The Morgan fingerprint density at radius 2 is 2.12 bits per heavy atom. The van der Waals surface area contributed by atoms with Crippen LogP contribution in [0.5, 0.6) is 0 Å². The Balaban J connectivity index is 1.76. The molecule has 0 amide bonds. The Bertz CT molecular complexity index is 324. The van der Waals surface area contributed by atoms with Crippen LogP contribution >= 0.6 is 0 Å². The van der Waals surface area contributed by atoms with Crippen molar-refractivity contribution in [3.8, 4) is 0 Å². The minimum absolute atomic E-state index is 0.278. The van der Waals surface area contributed by atoms with E-state index in [0.29, 0.717) is 5.78 Å². The molecule has 0 aromatic carbocycles. The number of likely N-dealkylation sites (tertiary alicyclic amines) is 1. The second-order valence-corrected chi connectivity index (χ2v) is 5.45. The van der Waals surface area contributed by atoms with Crippen molar-refractivity contribution in [2.45, 2.75) is 45.1 Å². The van der Waals surface area contributed by atoms with Crippen LogP contribution in [0.2, 0.25) is 0 Å². The summed E-state index contributed by atoms with van der Waals surface area (Å²) < 4.78 is 0. The SMILES string of the molecule is C=C/C=C(\C)CC1CCN(C2CCC2=O)CC1. The molecule has 2 rings (SSSR count). The van der Waals surface area contributed by atoms with Crippen molar-refractivity contribution in [1.82, 2.24) is 4.90 Å². The molecule has 94 valence electrons. The maximum atomic E-state index is 11.4.